The molecule has 1 saturated heterocycles. The number of ether oxygens (including phenoxy) is 2. The Hall–Kier alpha value is -2.64. The molecule has 0 amide bonds. The monoisotopic (exact) mass is 398 g/mol. The molecule has 2 aromatic carbocycles. The van der Waals surface area contributed by atoms with E-state index in [0.717, 1.165) is 16.5 Å². The fourth-order valence-corrected chi connectivity index (χ4v) is 5.03. The molecule has 3 aromatic rings. The van der Waals surface area contributed by atoms with E-state index in [2.05, 4.69) is 4.98 Å². The number of methoxy groups -OCH3 is 1. The van der Waals surface area contributed by atoms with Crippen LogP contribution in [0.2, 0.25) is 0 Å². The Morgan fingerprint density at radius 1 is 1.11 bits per heavy atom. The highest BCUT2D eigenvalue weighted by Gasteiger charge is 2.34. The minimum absolute atomic E-state index is 0.220. The second kappa shape index (κ2) is 7.41. The molecule has 146 valence electrons. The molecule has 28 heavy (non-hydrogen) atoms. The second-order valence-corrected chi connectivity index (χ2v) is 8.80. The van der Waals surface area contributed by atoms with Crippen LogP contribution in [0, 0.1) is 6.92 Å². The molecule has 0 N–H and O–H groups in total. The predicted octanol–water partition coefficient (Wildman–Crippen LogP) is 3.39. The molecule has 1 aromatic heterocycles. The van der Waals surface area contributed by atoms with Gasteiger partial charge in [0, 0.05) is 18.0 Å². The van der Waals surface area contributed by atoms with Gasteiger partial charge in [0.1, 0.15) is 11.9 Å². The smallest absolute Gasteiger partial charge is 0.243 e. The second-order valence-electron chi connectivity index (χ2n) is 6.87. The van der Waals surface area contributed by atoms with E-state index in [1.165, 1.54) is 4.31 Å². The van der Waals surface area contributed by atoms with Gasteiger partial charge in [0.05, 0.1) is 24.1 Å². The van der Waals surface area contributed by atoms with E-state index in [1.807, 2.05) is 43.3 Å². The first-order chi connectivity index (χ1) is 13.5. The first-order valence-corrected chi connectivity index (χ1v) is 10.6. The molecule has 4 rings (SSSR count). The fourth-order valence-electron chi connectivity index (χ4n) is 3.46. The summed E-state index contributed by atoms with van der Waals surface area (Å²) in [5.41, 5.74) is 1.65. The molecular weight excluding hydrogens is 376 g/mol. The summed E-state index contributed by atoms with van der Waals surface area (Å²) in [5, 5.41) is 1.04. The number of aryl methyl sites for hydroxylation is 1. The van der Waals surface area contributed by atoms with Gasteiger partial charge in [0.2, 0.25) is 15.9 Å². The minimum atomic E-state index is -3.57. The van der Waals surface area contributed by atoms with Gasteiger partial charge in [-0.1, -0.05) is 18.2 Å². The summed E-state index contributed by atoms with van der Waals surface area (Å²) in [5.74, 6) is 1.19. The molecule has 6 nitrogen and oxygen atoms in total. The van der Waals surface area contributed by atoms with Crippen molar-refractivity contribution in [3.63, 3.8) is 0 Å². The highest BCUT2D eigenvalue weighted by molar-refractivity contribution is 7.89. The number of sulfonamides is 1. The normalized spacial score (nSPS) is 17.7. The molecule has 0 bridgehead atoms. The maximum absolute atomic E-state index is 13.0. The lowest BCUT2D eigenvalue weighted by molar-refractivity contribution is 0.207. The third kappa shape index (κ3) is 3.55. The first-order valence-electron chi connectivity index (χ1n) is 9.14. The summed E-state index contributed by atoms with van der Waals surface area (Å²) in [6, 6.07) is 16.5. The van der Waals surface area contributed by atoms with Gasteiger partial charge >= 0.3 is 0 Å². The zero-order valence-corrected chi connectivity index (χ0v) is 16.6. The number of para-hydroxylation sites is 1. The number of benzene rings is 2. The van der Waals surface area contributed by atoms with Crippen molar-refractivity contribution in [2.45, 2.75) is 24.3 Å². The molecule has 1 fully saturated rings. The van der Waals surface area contributed by atoms with Crippen molar-refractivity contribution in [3.8, 4) is 11.6 Å². The van der Waals surface area contributed by atoms with E-state index in [0.29, 0.717) is 31.1 Å². The molecular formula is C21H22N2O4S. The minimum Gasteiger partial charge on any atom is -0.496 e. The summed E-state index contributed by atoms with van der Waals surface area (Å²) in [7, 11) is -2.00. The Labute approximate surface area is 164 Å². The number of hydrogen-bond donors (Lipinski definition) is 0. The van der Waals surface area contributed by atoms with Gasteiger partial charge in [-0.3, -0.25) is 0 Å². The quantitative estimate of drug-likeness (QED) is 0.659. The molecule has 0 aliphatic carbocycles. The standard InChI is InChI=1S/C21H22N2O4S/c1-15-13-18(8-9-20(15)26-2)28(24,25)23-12-11-17(14-23)27-21-10-7-16-5-3-4-6-19(16)22-21/h3-10,13,17H,11-12,14H2,1-2H3/t17-/m1/s1. The van der Waals surface area contributed by atoms with Crippen LogP contribution in [0.1, 0.15) is 12.0 Å². The molecule has 0 unspecified atom stereocenters. The van der Waals surface area contributed by atoms with Crippen molar-refractivity contribution < 1.29 is 17.9 Å². The summed E-state index contributed by atoms with van der Waals surface area (Å²) in [6.07, 6.45) is 0.408. The highest BCUT2D eigenvalue weighted by atomic mass is 32.2. The summed E-state index contributed by atoms with van der Waals surface area (Å²) in [6.45, 7) is 2.56. The van der Waals surface area contributed by atoms with Gasteiger partial charge in [0.25, 0.3) is 0 Å². The van der Waals surface area contributed by atoms with Crippen LogP contribution < -0.4 is 9.47 Å². The van der Waals surface area contributed by atoms with Gasteiger partial charge in [-0.05, 0) is 49.2 Å². The van der Waals surface area contributed by atoms with Crippen molar-refractivity contribution in [2.75, 3.05) is 20.2 Å². The molecule has 2 heterocycles. The maximum atomic E-state index is 13.0. The van der Waals surface area contributed by atoms with E-state index in [-0.39, 0.29) is 11.0 Å². The van der Waals surface area contributed by atoms with Gasteiger partial charge < -0.3 is 9.47 Å². The average Bonchev–Trinajstić information content (AvgIpc) is 3.17. The number of pyridine rings is 1. The van der Waals surface area contributed by atoms with Crippen LogP contribution in [-0.4, -0.2) is 44.0 Å². The molecule has 7 heteroatoms. The van der Waals surface area contributed by atoms with Crippen molar-refractivity contribution in [3.05, 3.63) is 60.2 Å². The van der Waals surface area contributed by atoms with E-state index in [1.54, 1.807) is 25.3 Å². The Balaban J connectivity index is 1.49. The molecule has 0 radical (unpaired) electrons. The van der Waals surface area contributed by atoms with Crippen molar-refractivity contribution >= 4 is 20.9 Å². The van der Waals surface area contributed by atoms with E-state index >= 15 is 0 Å². The number of fused-ring (bicyclic) bond motifs is 1. The zero-order valence-electron chi connectivity index (χ0n) is 15.8. The summed E-state index contributed by atoms with van der Waals surface area (Å²) in [4.78, 5) is 4.78. The van der Waals surface area contributed by atoms with E-state index in [4.69, 9.17) is 9.47 Å². The van der Waals surface area contributed by atoms with Crippen LogP contribution >= 0.6 is 0 Å². The maximum Gasteiger partial charge on any atom is 0.243 e. The van der Waals surface area contributed by atoms with Crippen LogP contribution in [0.25, 0.3) is 10.9 Å². The first kappa shape index (κ1) is 18.7. The number of hydrogen-bond acceptors (Lipinski definition) is 5. The topological polar surface area (TPSA) is 68.7 Å². The molecule has 0 saturated carbocycles. The number of aromatic nitrogens is 1. The van der Waals surface area contributed by atoms with Gasteiger partial charge in [0.15, 0.2) is 0 Å². The Morgan fingerprint density at radius 3 is 2.71 bits per heavy atom. The van der Waals surface area contributed by atoms with E-state index in [9.17, 15) is 8.42 Å². The Morgan fingerprint density at radius 2 is 1.93 bits per heavy atom. The van der Waals surface area contributed by atoms with Crippen LogP contribution in [0.15, 0.2) is 59.5 Å². The lowest BCUT2D eigenvalue weighted by Crippen LogP contribution is -2.31. The van der Waals surface area contributed by atoms with Crippen LogP contribution in [0.3, 0.4) is 0 Å². The largest absolute Gasteiger partial charge is 0.496 e. The SMILES string of the molecule is COc1ccc(S(=O)(=O)N2CC[C@@H](Oc3ccc4ccccc4n3)C2)cc1C. The predicted molar refractivity (Wildman–Crippen MR) is 107 cm³/mol. The van der Waals surface area contributed by atoms with Gasteiger partial charge in [-0.15, -0.1) is 0 Å². The molecule has 1 atom stereocenters. The Kier molecular flexibility index (Phi) is 4.95. The lowest BCUT2D eigenvalue weighted by Gasteiger charge is -2.18. The van der Waals surface area contributed by atoms with Gasteiger partial charge in [-0.2, -0.15) is 4.31 Å². The van der Waals surface area contributed by atoms with Crippen molar-refractivity contribution in [2.24, 2.45) is 0 Å². The van der Waals surface area contributed by atoms with Crippen LogP contribution in [0.5, 0.6) is 11.6 Å². The Bertz CT molecular complexity index is 1110. The highest BCUT2D eigenvalue weighted by Crippen LogP contribution is 2.27. The van der Waals surface area contributed by atoms with Crippen molar-refractivity contribution in [1.29, 1.82) is 0 Å². The number of nitrogens with zero attached hydrogens (tertiary/aromatic N) is 2. The van der Waals surface area contributed by atoms with Gasteiger partial charge in [-0.25, -0.2) is 13.4 Å². The molecule has 0 spiro atoms. The zero-order chi connectivity index (χ0) is 19.7. The van der Waals surface area contributed by atoms with E-state index < -0.39 is 10.0 Å². The molecule has 1 aliphatic heterocycles. The molecule has 1 aliphatic rings. The number of rotatable bonds is 5. The average molecular weight is 398 g/mol. The third-order valence-corrected chi connectivity index (χ3v) is 6.83. The summed E-state index contributed by atoms with van der Waals surface area (Å²) >= 11 is 0. The summed E-state index contributed by atoms with van der Waals surface area (Å²) < 4.78 is 38.6. The lowest BCUT2D eigenvalue weighted by atomic mass is 10.2. The van der Waals surface area contributed by atoms with Crippen LogP contribution in [-0.2, 0) is 10.0 Å². The fraction of sp³-hybridized carbons (Fsp3) is 0.286. The van der Waals surface area contributed by atoms with Crippen molar-refractivity contribution in [1.82, 2.24) is 9.29 Å². The third-order valence-electron chi connectivity index (χ3n) is 4.97. The van der Waals surface area contributed by atoms with Crippen LogP contribution in [0.4, 0.5) is 0 Å².